The average Bonchev–Trinajstić information content (AvgIpc) is 2.22. The summed E-state index contributed by atoms with van der Waals surface area (Å²) in [7, 11) is 0. The monoisotopic (exact) mass is 251 g/mol. The minimum atomic E-state index is -0.133. The Balaban J connectivity index is 2.61. The molecule has 1 rings (SSSR count). The van der Waals surface area contributed by atoms with E-state index in [9.17, 15) is 4.39 Å². The third-order valence-corrected chi connectivity index (χ3v) is 3.33. The van der Waals surface area contributed by atoms with Crippen molar-refractivity contribution in [3.63, 3.8) is 0 Å². The number of aryl methyl sites for hydroxylation is 1. The van der Waals surface area contributed by atoms with E-state index in [2.05, 4.69) is 39.9 Å². The van der Waals surface area contributed by atoms with E-state index < -0.39 is 0 Å². The van der Waals surface area contributed by atoms with Crippen LogP contribution in [-0.2, 0) is 6.42 Å². The summed E-state index contributed by atoms with van der Waals surface area (Å²) in [6.07, 6.45) is 2.03. The third kappa shape index (κ3) is 5.18. The molecule has 1 aromatic carbocycles. The molecule has 1 N–H and O–H groups in total. The summed E-state index contributed by atoms with van der Waals surface area (Å²) in [4.78, 5) is 0. The maximum absolute atomic E-state index is 13.3. The van der Waals surface area contributed by atoms with E-state index in [1.807, 2.05) is 6.07 Å². The second-order valence-electron chi connectivity index (χ2n) is 6.27. The lowest BCUT2D eigenvalue weighted by atomic mass is 9.81. The predicted octanol–water partition coefficient (Wildman–Crippen LogP) is 4.09. The van der Waals surface area contributed by atoms with Crippen LogP contribution in [0.4, 0.5) is 4.39 Å². The smallest absolute Gasteiger partial charge is 0.123 e. The number of rotatable bonds is 6. The first kappa shape index (κ1) is 15.2. The fourth-order valence-corrected chi connectivity index (χ4v) is 2.13. The van der Waals surface area contributed by atoms with Crippen molar-refractivity contribution in [2.75, 3.05) is 6.54 Å². The van der Waals surface area contributed by atoms with Gasteiger partial charge in [0.2, 0.25) is 0 Å². The highest BCUT2D eigenvalue weighted by molar-refractivity contribution is 5.27. The van der Waals surface area contributed by atoms with Crippen LogP contribution in [0.25, 0.3) is 0 Å². The van der Waals surface area contributed by atoms with Crippen LogP contribution >= 0.6 is 0 Å². The largest absolute Gasteiger partial charge is 0.315 e. The first-order chi connectivity index (χ1) is 8.30. The van der Waals surface area contributed by atoms with Crippen molar-refractivity contribution < 1.29 is 4.39 Å². The number of nitrogens with one attached hydrogen (secondary N) is 1. The molecule has 1 aromatic rings. The molecular formula is C16H26FN. The van der Waals surface area contributed by atoms with Crippen molar-refractivity contribution in [1.29, 1.82) is 0 Å². The van der Waals surface area contributed by atoms with Crippen LogP contribution in [0.1, 0.15) is 45.2 Å². The minimum absolute atomic E-state index is 0.133. The van der Waals surface area contributed by atoms with Gasteiger partial charge in [0.25, 0.3) is 0 Å². The van der Waals surface area contributed by atoms with Gasteiger partial charge in [-0.3, -0.25) is 0 Å². The molecular weight excluding hydrogens is 225 g/mol. The molecule has 0 saturated carbocycles. The Morgan fingerprint density at radius 3 is 2.56 bits per heavy atom. The Morgan fingerprint density at radius 2 is 1.94 bits per heavy atom. The Morgan fingerprint density at radius 1 is 1.28 bits per heavy atom. The Kier molecular flexibility index (Phi) is 5.33. The number of benzene rings is 1. The number of hydrogen-bond acceptors (Lipinski definition) is 1. The minimum Gasteiger partial charge on any atom is -0.315 e. The molecule has 0 amide bonds. The molecule has 0 radical (unpaired) electrons. The Hall–Kier alpha value is -0.890. The van der Waals surface area contributed by atoms with Gasteiger partial charge in [-0.25, -0.2) is 4.39 Å². The van der Waals surface area contributed by atoms with Gasteiger partial charge < -0.3 is 5.32 Å². The molecule has 0 fully saturated rings. The standard InChI is InChI=1S/C16H26FN/c1-12(2)18-9-8-16(4,5)11-14-10-15(17)7-6-13(14)3/h6-7,10,12,18H,8-9,11H2,1-5H3. The van der Waals surface area contributed by atoms with Crippen molar-refractivity contribution in [2.45, 2.75) is 53.5 Å². The van der Waals surface area contributed by atoms with Crippen molar-refractivity contribution in [3.8, 4) is 0 Å². The van der Waals surface area contributed by atoms with Gasteiger partial charge in [-0.1, -0.05) is 33.8 Å². The first-order valence-electron chi connectivity index (χ1n) is 6.78. The maximum Gasteiger partial charge on any atom is 0.123 e. The van der Waals surface area contributed by atoms with Gasteiger partial charge in [-0.05, 0) is 55.0 Å². The van der Waals surface area contributed by atoms with Gasteiger partial charge in [0, 0.05) is 6.04 Å². The van der Waals surface area contributed by atoms with E-state index in [1.165, 1.54) is 11.6 Å². The van der Waals surface area contributed by atoms with Gasteiger partial charge in [-0.2, -0.15) is 0 Å². The lowest BCUT2D eigenvalue weighted by molar-refractivity contribution is 0.319. The van der Waals surface area contributed by atoms with Gasteiger partial charge in [0.15, 0.2) is 0 Å². The van der Waals surface area contributed by atoms with Crippen molar-refractivity contribution >= 4 is 0 Å². The van der Waals surface area contributed by atoms with Crippen molar-refractivity contribution in [2.24, 2.45) is 5.41 Å². The summed E-state index contributed by atoms with van der Waals surface area (Å²) >= 11 is 0. The molecule has 0 saturated heterocycles. The normalized spacial score (nSPS) is 12.2. The van der Waals surface area contributed by atoms with E-state index in [0.717, 1.165) is 24.9 Å². The summed E-state index contributed by atoms with van der Waals surface area (Å²) in [6.45, 7) is 11.9. The second-order valence-corrected chi connectivity index (χ2v) is 6.27. The summed E-state index contributed by atoms with van der Waals surface area (Å²) in [6, 6.07) is 5.60. The molecule has 0 aliphatic rings. The molecule has 0 aliphatic carbocycles. The fourth-order valence-electron chi connectivity index (χ4n) is 2.13. The van der Waals surface area contributed by atoms with E-state index in [-0.39, 0.29) is 11.2 Å². The highest BCUT2D eigenvalue weighted by atomic mass is 19.1. The molecule has 0 aromatic heterocycles. The molecule has 0 unspecified atom stereocenters. The molecule has 2 heteroatoms. The van der Waals surface area contributed by atoms with Crippen LogP contribution in [0, 0.1) is 18.2 Å². The van der Waals surface area contributed by atoms with Crippen LogP contribution < -0.4 is 5.32 Å². The van der Waals surface area contributed by atoms with Gasteiger partial charge in [0.1, 0.15) is 5.82 Å². The molecule has 0 aliphatic heterocycles. The highest BCUT2D eigenvalue weighted by Crippen LogP contribution is 2.27. The molecule has 0 bridgehead atoms. The third-order valence-electron chi connectivity index (χ3n) is 3.33. The van der Waals surface area contributed by atoms with Crippen LogP contribution in [0.2, 0.25) is 0 Å². The summed E-state index contributed by atoms with van der Waals surface area (Å²) < 4.78 is 13.3. The van der Waals surface area contributed by atoms with E-state index in [0.29, 0.717) is 6.04 Å². The zero-order valence-electron chi connectivity index (χ0n) is 12.3. The Labute approximate surface area is 111 Å². The van der Waals surface area contributed by atoms with Gasteiger partial charge in [0.05, 0.1) is 0 Å². The molecule has 1 nitrogen and oxygen atoms in total. The number of halogens is 1. The second kappa shape index (κ2) is 6.33. The first-order valence-corrected chi connectivity index (χ1v) is 6.78. The van der Waals surface area contributed by atoms with Crippen LogP contribution in [0.3, 0.4) is 0 Å². The summed E-state index contributed by atoms with van der Waals surface area (Å²) in [5.74, 6) is -0.133. The molecule has 18 heavy (non-hydrogen) atoms. The topological polar surface area (TPSA) is 12.0 Å². The lowest BCUT2D eigenvalue weighted by Crippen LogP contribution is -2.28. The Bertz CT molecular complexity index is 383. The van der Waals surface area contributed by atoms with E-state index >= 15 is 0 Å². The van der Waals surface area contributed by atoms with Gasteiger partial charge >= 0.3 is 0 Å². The SMILES string of the molecule is Cc1ccc(F)cc1CC(C)(C)CCNC(C)C. The zero-order chi connectivity index (χ0) is 13.8. The highest BCUT2D eigenvalue weighted by Gasteiger charge is 2.19. The predicted molar refractivity (Wildman–Crippen MR) is 76.4 cm³/mol. The quantitative estimate of drug-likeness (QED) is 0.803. The van der Waals surface area contributed by atoms with Crippen LogP contribution in [-0.4, -0.2) is 12.6 Å². The zero-order valence-corrected chi connectivity index (χ0v) is 12.3. The maximum atomic E-state index is 13.3. The lowest BCUT2D eigenvalue weighted by Gasteiger charge is -2.26. The van der Waals surface area contributed by atoms with Gasteiger partial charge in [-0.15, -0.1) is 0 Å². The summed E-state index contributed by atoms with van der Waals surface area (Å²) in [5, 5.41) is 3.44. The van der Waals surface area contributed by atoms with Crippen LogP contribution in [0.5, 0.6) is 0 Å². The van der Waals surface area contributed by atoms with Crippen molar-refractivity contribution in [3.05, 3.63) is 35.1 Å². The number of hydrogen-bond donors (Lipinski definition) is 1. The molecule has 0 spiro atoms. The molecule has 102 valence electrons. The summed E-state index contributed by atoms with van der Waals surface area (Å²) in [5.41, 5.74) is 2.51. The van der Waals surface area contributed by atoms with Crippen LogP contribution in [0.15, 0.2) is 18.2 Å². The molecule has 0 atom stereocenters. The fraction of sp³-hybridized carbons (Fsp3) is 0.625. The molecule has 0 heterocycles. The van der Waals surface area contributed by atoms with E-state index in [1.54, 1.807) is 6.07 Å². The average molecular weight is 251 g/mol. The van der Waals surface area contributed by atoms with E-state index in [4.69, 9.17) is 0 Å². The van der Waals surface area contributed by atoms with Crippen molar-refractivity contribution in [1.82, 2.24) is 5.32 Å².